The molecule has 5 rings (SSSR count). The quantitative estimate of drug-likeness (QED) is 0.778. The van der Waals surface area contributed by atoms with Crippen molar-refractivity contribution < 1.29 is 9.90 Å². The molecule has 5 N–H and O–H groups in total. The minimum atomic E-state index is -0.219. The highest BCUT2D eigenvalue weighted by Gasteiger charge is 2.70. The Kier molecular flexibility index (Phi) is 3.07. The van der Waals surface area contributed by atoms with Gasteiger partial charge in [0.05, 0.1) is 11.1 Å². The van der Waals surface area contributed by atoms with Crippen LogP contribution in [0.3, 0.4) is 0 Å². The average Bonchev–Trinajstić information content (AvgIpc) is 2.46. The molecule has 2 aromatic rings. The fourth-order valence-corrected chi connectivity index (χ4v) is 4.39. The number of benzene rings is 1. The predicted octanol–water partition coefficient (Wildman–Crippen LogP) is 2.02. The lowest BCUT2D eigenvalue weighted by atomic mass is 9.34. The molecule has 0 spiro atoms. The Hall–Kier alpha value is -2.63. The Morgan fingerprint density at radius 2 is 1.92 bits per heavy atom. The molecule has 3 aliphatic carbocycles. The summed E-state index contributed by atoms with van der Waals surface area (Å²) < 4.78 is 0. The van der Waals surface area contributed by atoms with Gasteiger partial charge in [-0.1, -0.05) is 12.1 Å². The van der Waals surface area contributed by atoms with E-state index in [4.69, 9.17) is 11.5 Å². The lowest BCUT2D eigenvalue weighted by molar-refractivity contribution is -0.206. The van der Waals surface area contributed by atoms with Gasteiger partial charge in [0.1, 0.15) is 11.6 Å². The van der Waals surface area contributed by atoms with Gasteiger partial charge in [0.25, 0.3) is 0 Å². The number of carbonyl (C=O) groups is 1. The SMILES string of the molecule is NC(=O)C12CC(CCc3cc(-c4ccccc4O)nnc3N)(C1)C2. The van der Waals surface area contributed by atoms with Crippen LogP contribution in [0.15, 0.2) is 30.3 Å². The molecule has 1 amide bonds. The fourth-order valence-electron chi connectivity index (χ4n) is 4.39. The summed E-state index contributed by atoms with van der Waals surface area (Å²) in [5, 5.41) is 18.1. The van der Waals surface area contributed by atoms with Gasteiger partial charge in [-0.2, -0.15) is 0 Å². The van der Waals surface area contributed by atoms with E-state index in [-0.39, 0.29) is 22.5 Å². The number of aromatic hydroxyl groups is 1. The number of primary amides is 1. The first-order chi connectivity index (χ1) is 11.4. The summed E-state index contributed by atoms with van der Waals surface area (Å²) in [4.78, 5) is 11.4. The van der Waals surface area contributed by atoms with Gasteiger partial charge in [0, 0.05) is 5.56 Å². The molecule has 6 heteroatoms. The first-order valence-electron chi connectivity index (χ1n) is 8.14. The number of nitrogen functional groups attached to an aromatic ring is 1. The van der Waals surface area contributed by atoms with Gasteiger partial charge in [0.2, 0.25) is 5.91 Å². The summed E-state index contributed by atoms with van der Waals surface area (Å²) in [6.07, 6.45) is 4.47. The summed E-state index contributed by atoms with van der Waals surface area (Å²) in [5.41, 5.74) is 13.6. The highest BCUT2D eigenvalue weighted by Crippen LogP contribution is 2.74. The van der Waals surface area contributed by atoms with Gasteiger partial charge < -0.3 is 16.6 Å². The molecule has 24 heavy (non-hydrogen) atoms. The van der Waals surface area contributed by atoms with Gasteiger partial charge in [-0.05, 0) is 61.3 Å². The zero-order valence-corrected chi connectivity index (χ0v) is 13.3. The van der Waals surface area contributed by atoms with Crippen LogP contribution in [0.2, 0.25) is 0 Å². The minimum Gasteiger partial charge on any atom is -0.507 e. The largest absolute Gasteiger partial charge is 0.507 e. The van der Waals surface area contributed by atoms with Crippen LogP contribution in [0.1, 0.15) is 31.2 Å². The van der Waals surface area contributed by atoms with Crippen molar-refractivity contribution in [2.45, 2.75) is 32.1 Å². The number of hydrogen-bond donors (Lipinski definition) is 3. The van der Waals surface area contributed by atoms with E-state index >= 15 is 0 Å². The lowest BCUT2D eigenvalue weighted by Crippen LogP contribution is -2.67. The fraction of sp³-hybridized carbons (Fsp3) is 0.389. The maximum absolute atomic E-state index is 11.4. The Morgan fingerprint density at radius 1 is 1.21 bits per heavy atom. The third-order valence-electron chi connectivity index (χ3n) is 5.67. The van der Waals surface area contributed by atoms with E-state index in [9.17, 15) is 9.90 Å². The number of phenolic OH excluding ortho intramolecular Hbond substituents is 1. The third-order valence-corrected chi connectivity index (χ3v) is 5.67. The van der Waals surface area contributed by atoms with Crippen LogP contribution in [0.25, 0.3) is 11.3 Å². The smallest absolute Gasteiger partial charge is 0.223 e. The van der Waals surface area contributed by atoms with Gasteiger partial charge in [0.15, 0.2) is 0 Å². The van der Waals surface area contributed by atoms with Gasteiger partial charge in [-0.25, -0.2) is 0 Å². The van der Waals surface area contributed by atoms with E-state index in [2.05, 4.69) is 10.2 Å². The molecule has 1 aromatic carbocycles. The van der Waals surface area contributed by atoms with Gasteiger partial charge in [-0.3, -0.25) is 4.79 Å². The zero-order chi connectivity index (χ0) is 16.9. The van der Waals surface area contributed by atoms with Crippen LogP contribution in [0, 0.1) is 10.8 Å². The van der Waals surface area contributed by atoms with Crippen molar-refractivity contribution in [2.75, 3.05) is 5.73 Å². The van der Waals surface area contributed by atoms with E-state index in [1.54, 1.807) is 18.2 Å². The highest BCUT2D eigenvalue weighted by atomic mass is 16.3. The Labute approximate surface area is 139 Å². The van der Waals surface area contributed by atoms with Gasteiger partial charge in [-0.15, -0.1) is 10.2 Å². The van der Waals surface area contributed by atoms with Crippen molar-refractivity contribution >= 4 is 11.7 Å². The molecule has 3 saturated carbocycles. The monoisotopic (exact) mass is 324 g/mol. The van der Waals surface area contributed by atoms with Crippen LogP contribution in [-0.2, 0) is 11.2 Å². The number of anilines is 1. The number of rotatable bonds is 5. The van der Waals surface area contributed by atoms with E-state index in [1.165, 1.54) is 0 Å². The summed E-state index contributed by atoms with van der Waals surface area (Å²) in [5.74, 6) is 0.437. The number of hydrogen-bond acceptors (Lipinski definition) is 5. The molecule has 2 bridgehead atoms. The molecule has 0 radical (unpaired) electrons. The van der Waals surface area contributed by atoms with E-state index in [0.717, 1.165) is 37.7 Å². The van der Waals surface area contributed by atoms with Crippen LogP contribution in [-0.4, -0.2) is 21.2 Å². The maximum atomic E-state index is 11.4. The van der Waals surface area contributed by atoms with Crippen LogP contribution >= 0.6 is 0 Å². The molecule has 1 heterocycles. The van der Waals surface area contributed by atoms with Crippen molar-refractivity contribution in [2.24, 2.45) is 16.6 Å². The maximum Gasteiger partial charge on any atom is 0.223 e. The normalized spacial score (nSPS) is 27.2. The molecule has 1 aromatic heterocycles. The summed E-state index contributed by atoms with van der Waals surface area (Å²) >= 11 is 0. The number of carbonyl (C=O) groups excluding carboxylic acids is 1. The Bertz CT molecular complexity index is 814. The number of aryl methyl sites for hydroxylation is 1. The zero-order valence-electron chi connectivity index (χ0n) is 13.3. The van der Waals surface area contributed by atoms with Gasteiger partial charge >= 0.3 is 0 Å². The van der Waals surface area contributed by atoms with Crippen LogP contribution in [0.5, 0.6) is 5.75 Å². The number of nitrogens with two attached hydrogens (primary N) is 2. The number of nitrogens with zero attached hydrogens (tertiary/aromatic N) is 2. The standard InChI is InChI=1S/C18H20N4O2/c19-15-11(5-6-17-8-18(9-17,10-17)16(20)24)7-13(21-22-15)12-3-1-2-4-14(12)23/h1-4,7,23H,5-6,8-10H2,(H2,19,22)(H2,20,24). The van der Waals surface area contributed by atoms with Crippen molar-refractivity contribution in [3.63, 3.8) is 0 Å². The first kappa shape index (κ1) is 14.9. The molecule has 0 atom stereocenters. The first-order valence-corrected chi connectivity index (χ1v) is 8.14. The molecular weight excluding hydrogens is 304 g/mol. The molecule has 6 nitrogen and oxygen atoms in total. The van der Waals surface area contributed by atoms with Crippen molar-refractivity contribution in [1.82, 2.24) is 10.2 Å². The average molecular weight is 324 g/mol. The van der Waals surface area contributed by atoms with Crippen molar-refractivity contribution in [1.29, 1.82) is 0 Å². The van der Waals surface area contributed by atoms with Crippen LogP contribution < -0.4 is 11.5 Å². The molecule has 0 aliphatic heterocycles. The molecular formula is C18H20N4O2. The Morgan fingerprint density at radius 3 is 2.58 bits per heavy atom. The van der Waals surface area contributed by atoms with E-state index in [1.807, 2.05) is 12.1 Å². The van der Waals surface area contributed by atoms with E-state index < -0.39 is 0 Å². The topological polar surface area (TPSA) is 115 Å². The van der Waals surface area contributed by atoms with Crippen molar-refractivity contribution in [3.8, 4) is 17.0 Å². The highest BCUT2D eigenvalue weighted by molar-refractivity contribution is 5.84. The summed E-state index contributed by atoms with van der Waals surface area (Å²) in [6, 6.07) is 8.93. The molecule has 0 unspecified atom stereocenters. The number of para-hydroxylation sites is 1. The second-order valence-electron chi connectivity index (χ2n) is 7.33. The summed E-state index contributed by atoms with van der Waals surface area (Å²) in [7, 11) is 0. The minimum absolute atomic E-state index is 0.156. The second kappa shape index (κ2) is 4.93. The third kappa shape index (κ3) is 2.13. The number of phenols is 1. The molecule has 124 valence electrons. The van der Waals surface area contributed by atoms with E-state index in [0.29, 0.717) is 17.1 Å². The molecule has 3 aliphatic rings. The Balaban J connectivity index is 1.50. The molecule has 3 fully saturated rings. The lowest BCUT2D eigenvalue weighted by Gasteiger charge is -2.69. The second-order valence-corrected chi connectivity index (χ2v) is 7.33. The predicted molar refractivity (Wildman–Crippen MR) is 89.8 cm³/mol. The number of amides is 1. The number of aromatic nitrogens is 2. The summed E-state index contributed by atoms with van der Waals surface area (Å²) in [6.45, 7) is 0. The molecule has 0 saturated heterocycles. The van der Waals surface area contributed by atoms with Crippen LogP contribution in [0.4, 0.5) is 5.82 Å². The van der Waals surface area contributed by atoms with Crippen molar-refractivity contribution in [3.05, 3.63) is 35.9 Å².